The minimum Gasteiger partial charge on any atom is -0.398 e. The van der Waals surface area contributed by atoms with Crippen molar-refractivity contribution in [2.45, 2.75) is 0 Å². The third kappa shape index (κ3) is 3.79. The van der Waals surface area contributed by atoms with E-state index in [2.05, 4.69) is 5.32 Å². The van der Waals surface area contributed by atoms with Crippen LogP contribution in [0, 0.1) is 11.3 Å². The van der Waals surface area contributed by atoms with Gasteiger partial charge in [0.1, 0.15) is 15.9 Å². The maximum Gasteiger partial charge on any atom is 0.149 e. The summed E-state index contributed by atoms with van der Waals surface area (Å²) in [5.74, 6) is 0.0548. The molecule has 0 saturated heterocycles. The summed E-state index contributed by atoms with van der Waals surface area (Å²) < 4.78 is 21.8. The molecule has 0 spiro atoms. The molecule has 0 atom stereocenters. The molecule has 0 saturated carbocycles. The van der Waals surface area contributed by atoms with Crippen molar-refractivity contribution in [3.05, 3.63) is 23.8 Å². The van der Waals surface area contributed by atoms with E-state index in [0.717, 1.165) is 0 Å². The number of rotatable bonds is 4. The Labute approximate surface area is 94.8 Å². The number of nitrogens with zero attached hydrogens (tertiary/aromatic N) is 1. The standard InChI is InChI=1S/C10H13N3O2S/c1-16(14,15)5-4-13-9-2-3-10(12)8(6-9)7-11/h2-3,6,13H,4-5,12H2,1H3. The molecule has 0 bridgehead atoms. The number of nitrogens with two attached hydrogens (primary N) is 1. The van der Waals surface area contributed by atoms with Crippen LogP contribution in [0.5, 0.6) is 0 Å². The summed E-state index contributed by atoms with van der Waals surface area (Å²) in [6, 6.07) is 6.87. The minimum absolute atomic E-state index is 0.0548. The number of anilines is 2. The van der Waals surface area contributed by atoms with Crippen LogP contribution < -0.4 is 11.1 Å². The molecule has 1 aromatic carbocycles. The van der Waals surface area contributed by atoms with Crippen LogP contribution in [0.2, 0.25) is 0 Å². The molecule has 0 radical (unpaired) electrons. The molecule has 0 amide bonds. The van der Waals surface area contributed by atoms with Crippen molar-refractivity contribution in [2.24, 2.45) is 0 Å². The lowest BCUT2D eigenvalue weighted by Crippen LogP contribution is -2.14. The Bertz CT molecular complexity index is 517. The van der Waals surface area contributed by atoms with Gasteiger partial charge in [0.25, 0.3) is 0 Å². The van der Waals surface area contributed by atoms with Gasteiger partial charge in [-0.3, -0.25) is 0 Å². The zero-order chi connectivity index (χ0) is 12.2. The highest BCUT2D eigenvalue weighted by Gasteiger charge is 2.03. The van der Waals surface area contributed by atoms with E-state index in [0.29, 0.717) is 23.5 Å². The van der Waals surface area contributed by atoms with E-state index in [1.165, 1.54) is 6.26 Å². The second kappa shape index (κ2) is 4.86. The lowest BCUT2D eigenvalue weighted by molar-refractivity contribution is 0.602. The second-order valence-electron chi connectivity index (χ2n) is 3.47. The van der Waals surface area contributed by atoms with Crippen molar-refractivity contribution in [3.63, 3.8) is 0 Å². The fraction of sp³-hybridized carbons (Fsp3) is 0.300. The van der Waals surface area contributed by atoms with Crippen molar-refractivity contribution < 1.29 is 8.42 Å². The zero-order valence-corrected chi connectivity index (χ0v) is 9.71. The van der Waals surface area contributed by atoms with E-state index in [-0.39, 0.29) is 5.75 Å². The number of nitrogens with one attached hydrogen (secondary N) is 1. The molecule has 1 rings (SSSR count). The molecule has 6 heteroatoms. The van der Waals surface area contributed by atoms with Gasteiger partial charge in [0.15, 0.2) is 0 Å². The summed E-state index contributed by atoms with van der Waals surface area (Å²) in [5, 5.41) is 11.7. The molecule has 0 heterocycles. The van der Waals surface area contributed by atoms with E-state index in [1.807, 2.05) is 6.07 Å². The summed E-state index contributed by atoms with van der Waals surface area (Å²) >= 11 is 0. The summed E-state index contributed by atoms with van der Waals surface area (Å²) in [5.41, 5.74) is 7.03. The Balaban J connectivity index is 2.66. The van der Waals surface area contributed by atoms with Crippen molar-refractivity contribution in [2.75, 3.05) is 29.6 Å². The van der Waals surface area contributed by atoms with Crippen molar-refractivity contribution >= 4 is 21.2 Å². The summed E-state index contributed by atoms with van der Waals surface area (Å²) in [6.45, 7) is 0.313. The van der Waals surface area contributed by atoms with Gasteiger partial charge in [0, 0.05) is 24.2 Å². The lowest BCUT2D eigenvalue weighted by Gasteiger charge is -2.06. The Morgan fingerprint density at radius 3 is 2.75 bits per heavy atom. The van der Waals surface area contributed by atoms with Crippen molar-refractivity contribution in [3.8, 4) is 6.07 Å². The van der Waals surface area contributed by atoms with E-state index in [1.54, 1.807) is 18.2 Å². The highest BCUT2D eigenvalue weighted by Crippen LogP contribution is 2.16. The third-order valence-electron chi connectivity index (χ3n) is 1.98. The number of benzene rings is 1. The lowest BCUT2D eigenvalue weighted by atomic mass is 10.2. The topological polar surface area (TPSA) is 96.0 Å². The van der Waals surface area contributed by atoms with Crippen LogP contribution in [0.15, 0.2) is 18.2 Å². The van der Waals surface area contributed by atoms with Crippen molar-refractivity contribution in [1.29, 1.82) is 5.26 Å². The molecule has 0 unspecified atom stereocenters. The maximum absolute atomic E-state index is 10.9. The molecule has 0 fully saturated rings. The second-order valence-corrected chi connectivity index (χ2v) is 5.73. The van der Waals surface area contributed by atoms with Crippen molar-refractivity contribution in [1.82, 2.24) is 0 Å². The number of nitrogen functional groups attached to an aromatic ring is 1. The molecule has 0 aliphatic heterocycles. The van der Waals surface area contributed by atoms with Crippen LogP contribution in [0.4, 0.5) is 11.4 Å². The molecule has 1 aromatic rings. The van der Waals surface area contributed by atoms with Crippen LogP contribution >= 0.6 is 0 Å². The van der Waals surface area contributed by atoms with E-state index in [9.17, 15) is 8.42 Å². The monoisotopic (exact) mass is 239 g/mol. The predicted molar refractivity (Wildman–Crippen MR) is 63.8 cm³/mol. The molecule has 16 heavy (non-hydrogen) atoms. The van der Waals surface area contributed by atoms with Crippen LogP contribution in [-0.4, -0.2) is 27.0 Å². The minimum atomic E-state index is -2.97. The molecule has 0 aliphatic rings. The van der Waals surface area contributed by atoms with Gasteiger partial charge in [-0.25, -0.2) is 8.42 Å². The maximum atomic E-state index is 10.9. The quantitative estimate of drug-likeness (QED) is 0.750. The average Bonchev–Trinajstić information content (AvgIpc) is 2.18. The third-order valence-corrected chi connectivity index (χ3v) is 2.92. The van der Waals surface area contributed by atoms with Gasteiger partial charge in [0.2, 0.25) is 0 Å². The highest BCUT2D eigenvalue weighted by atomic mass is 32.2. The first kappa shape index (κ1) is 12.3. The number of hydrogen-bond donors (Lipinski definition) is 2. The summed E-state index contributed by atoms with van der Waals surface area (Å²) in [4.78, 5) is 0. The SMILES string of the molecule is CS(=O)(=O)CCNc1ccc(N)c(C#N)c1. The smallest absolute Gasteiger partial charge is 0.149 e. The molecule has 0 aromatic heterocycles. The van der Waals surface area contributed by atoms with Gasteiger partial charge in [-0.05, 0) is 18.2 Å². The normalized spacial score (nSPS) is 10.8. The van der Waals surface area contributed by atoms with E-state index < -0.39 is 9.84 Å². The Morgan fingerprint density at radius 1 is 1.50 bits per heavy atom. The number of hydrogen-bond acceptors (Lipinski definition) is 5. The first-order valence-corrected chi connectivity index (χ1v) is 6.69. The van der Waals surface area contributed by atoms with E-state index >= 15 is 0 Å². The Morgan fingerprint density at radius 2 is 2.19 bits per heavy atom. The summed E-state index contributed by atoms with van der Waals surface area (Å²) in [7, 11) is -2.97. The largest absolute Gasteiger partial charge is 0.398 e. The fourth-order valence-electron chi connectivity index (χ4n) is 1.14. The van der Waals surface area contributed by atoms with Gasteiger partial charge in [-0.15, -0.1) is 0 Å². The van der Waals surface area contributed by atoms with Gasteiger partial charge in [0.05, 0.1) is 11.3 Å². The number of nitriles is 1. The average molecular weight is 239 g/mol. The van der Waals surface area contributed by atoms with Gasteiger partial charge in [-0.1, -0.05) is 0 Å². The number of sulfone groups is 1. The van der Waals surface area contributed by atoms with Crippen LogP contribution in [0.3, 0.4) is 0 Å². The molecule has 86 valence electrons. The van der Waals surface area contributed by atoms with Crippen LogP contribution in [0.1, 0.15) is 5.56 Å². The van der Waals surface area contributed by atoms with Crippen LogP contribution in [0.25, 0.3) is 0 Å². The van der Waals surface area contributed by atoms with Gasteiger partial charge < -0.3 is 11.1 Å². The van der Waals surface area contributed by atoms with Gasteiger partial charge >= 0.3 is 0 Å². The Kier molecular flexibility index (Phi) is 3.74. The fourth-order valence-corrected chi connectivity index (χ4v) is 1.62. The zero-order valence-electron chi connectivity index (χ0n) is 8.90. The molecular formula is C10H13N3O2S. The van der Waals surface area contributed by atoms with Gasteiger partial charge in [-0.2, -0.15) is 5.26 Å². The highest BCUT2D eigenvalue weighted by molar-refractivity contribution is 7.90. The first-order chi connectivity index (χ1) is 7.42. The molecule has 5 nitrogen and oxygen atoms in total. The molecule has 3 N–H and O–H groups in total. The molecule has 0 aliphatic carbocycles. The summed E-state index contributed by atoms with van der Waals surface area (Å²) in [6.07, 6.45) is 1.18. The predicted octanol–water partition coefficient (Wildman–Crippen LogP) is 0.597. The van der Waals surface area contributed by atoms with E-state index in [4.69, 9.17) is 11.0 Å². The van der Waals surface area contributed by atoms with Crippen LogP contribution in [-0.2, 0) is 9.84 Å². The molecular weight excluding hydrogens is 226 g/mol. The first-order valence-electron chi connectivity index (χ1n) is 4.63. The Hall–Kier alpha value is -1.74.